The topological polar surface area (TPSA) is 38.7 Å². The Hall–Kier alpha value is 0.350. The van der Waals surface area contributed by atoms with Crippen LogP contribution in [0.4, 0.5) is 0 Å². The SMILES string of the molecule is C=C(I)[C@H](O)[C@@H](OCOC)C(C)(C)C. The van der Waals surface area contributed by atoms with Gasteiger partial charge in [-0.1, -0.05) is 27.4 Å². The van der Waals surface area contributed by atoms with Crippen LogP contribution in [0.2, 0.25) is 0 Å². The summed E-state index contributed by atoms with van der Waals surface area (Å²) in [5.74, 6) is 0. The Bertz CT molecular complexity index is 186. The Kier molecular flexibility index (Phi) is 6.20. The summed E-state index contributed by atoms with van der Waals surface area (Å²) in [7, 11) is 1.56. The van der Waals surface area contributed by atoms with Gasteiger partial charge < -0.3 is 14.6 Å². The maximum Gasteiger partial charge on any atom is 0.146 e. The molecule has 0 amide bonds. The molecule has 0 aromatic carbocycles. The number of aliphatic hydroxyl groups is 1. The molecule has 4 heteroatoms. The first-order chi connectivity index (χ1) is 6.30. The number of methoxy groups -OCH3 is 1. The first kappa shape index (κ1) is 14.3. The Morgan fingerprint density at radius 3 is 2.29 bits per heavy atom. The smallest absolute Gasteiger partial charge is 0.146 e. The summed E-state index contributed by atoms with van der Waals surface area (Å²) in [6, 6.07) is 0. The second kappa shape index (κ2) is 6.05. The van der Waals surface area contributed by atoms with Crippen LogP contribution in [0, 0.1) is 5.41 Å². The zero-order valence-electron chi connectivity index (χ0n) is 9.21. The van der Waals surface area contributed by atoms with Crippen molar-refractivity contribution in [2.75, 3.05) is 13.9 Å². The number of ether oxygens (including phenoxy) is 2. The normalized spacial score (nSPS) is 16.4. The molecule has 0 radical (unpaired) electrons. The minimum Gasteiger partial charge on any atom is -0.385 e. The van der Waals surface area contributed by atoms with Crippen LogP contribution in [-0.4, -0.2) is 31.2 Å². The van der Waals surface area contributed by atoms with Gasteiger partial charge >= 0.3 is 0 Å². The first-order valence-electron chi connectivity index (χ1n) is 4.43. The van der Waals surface area contributed by atoms with Crippen molar-refractivity contribution in [2.24, 2.45) is 5.41 Å². The molecular formula is C10H19IO3. The highest BCUT2D eigenvalue weighted by molar-refractivity contribution is 14.1. The van der Waals surface area contributed by atoms with Gasteiger partial charge in [0.25, 0.3) is 0 Å². The van der Waals surface area contributed by atoms with E-state index in [4.69, 9.17) is 9.47 Å². The van der Waals surface area contributed by atoms with Gasteiger partial charge in [0.15, 0.2) is 0 Å². The van der Waals surface area contributed by atoms with Crippen LogP contribution < -0.4 is 0 Å². The number of hydrogen-bond donors (Lipinski definition) is 1. The summed E-state index contributed by atoms with van der Waals surface area (Å²) >= 11 is 2.01. The van der Waals surface area contributed by atoms with Gasteiger partial charge in [-0.25, -0.2) is 0 Å². The highest BCUT2D eigenvalue weighted by Crippen LogP contribution is 2.29. The van der Waals surface area contributed by atoms with E-state index in [9.17, 15) is 5.11 Å². The maximum atomic E-state index is 9.86. The molecule has 0 fully saturated rings. The third kappa shape index (κ3) is 4.72. The zero-order valence-corrected chi connectivity index (χ0v) is 11.4. The van der Waals surface area contributed by atoms with Crippen LogP contribution in [-0.2, 0) is 9.47 Å². The largest absolute Gasteiger partial charge is 0.385 e. The molecule has 0 bridgehead atoms. The minimum atomic E-state index is -0.661. The fraction of sp³-hybridized carbons (Fsp3) is 0.800. The standard InChI is InChI=1S/C10H19IO3/c1-7(11)8(12)9(10(2,3)4)14-6-13-5/h8-9,12H,1,6H2,2-5H3/t8-,9+/m0/s1. The average Bonchev–Trinajstić information content (AvgIpc) is 2.02. The molecular weight excluding hydrogens is 295 g/mol. The minimum absolute atomic E-state index is 0.147. The van der Waals surface area contributed by atoms with Crippen molar-refractivity contribution in [1.82, 2.24) is 0 Å². The molecule has 0 rings (SSSR count). The van der Waals surface area contributed by atoms with Crippen LogP contribution in [0.5, 0.6) is 0 Å². The van der Waals surface area contributed by atoms with Crippen molar-refractivity contribution in [3.05, 3.63) is 10.2 Å². The number of aliphatic hydroxyl groups excluding tert-OH is 1. The van der Waals surface area contributed by atoms with E-state index in [2.05, 4.69) is 6.58 Å². The van der Waals surface area contributed by atoms with E-state index in [-0.39, 0.29) is 18.3 Å². The van der Waals surface area contributed by atoms with Crippen LogP contribution in [0.1, 0.15) is 20.8 Å². The molecule has 14 heavy (non-hydrogen) atoms. The molecule has 1 N–H and O–H groups in total. The van der Waals surface area contributed by atoms with Gasteiger partial charge in [0.05, 0.1) is 6.10 Å². The Morgan fingerprint density at radius 1 is 1.50 bits per heavy atom. The third-order valence-corrected chi connectivity index (χ3v) is 2.46. The third-order valence-electron chi connectivity index (χ3n) is 1.83. The number of hydrogen-bond acceptors (Lipinski definition) is 3. The molecule has 84 valence electrons. The van der Waals surface area contributed by atoms with Crippen molar-refractivity contribution >= 4 is 22.6 Å². The predicted octanol–water partition coefficient (Wildman–Crippen LogP) is 2.33. The van der Waals surface area contributed by atoms with Gasteiger partial charge in [0.2, 0.25) is 0 Å². The fourth-order valence-electron chi connectivity index (χ4n) is 1.12. The summed E-state index contributed by atoms with van der Waals surface area (Å²) < 4.78 is 11.0. The molecule has 0 aromatic rings. The van der Waals surface area contributed by atoms with Gasteiger partial charge in [0, 0.05) is 10.7 Å². The lowest BCUT2D eigenvalue weighted by atomic mass is 9.85. The van der Waals surface area contributed by atoms with Crippen molar-refractivity contribution in [2.45, 2.75) is 33.0 Å². The monoisotopic (exact) mass is 314 g/mol. The molecule has 0 saturated carbocycles. The Balaban J connectivity index is 4.47. The maximum absolute atomic E-state index is 9.86. The van der Waals surface area contributed by atoms with E-state index in [1.165, 1.54) is 0 Å². The predicted molar refractivity (Wildman–Crippen MR) is 65.4 cm³/mol. The molecule has 2 atom stereocenters. The van der Waals surface area contributed by atoms with E-state index in [0.717, 1.165) is 0 Å². The van der Waals surface area contributed by atoms with Crippen molar-refractivity contribution < 1.29 is 14.6 Å². The van der Waals surface area contributed by atoms with E-state index < -0.39 is 6.10 Å². The highest BCUT2D eigenvalue weighted by atomic mass is 127. The van der Waals surface area contributed by atoms with E-state index >= 15 is 0 Å². The van der Waals surface area contributed by atoms with Gasteiger partial charge in [-0.3, -0.25) is 0 Å². The van der Waals surface area contributed by atoms with Crippen LogP contribution >= 0.6 is 22.6 Å². The van der Waals surface area contributed by atoms with Crippen molar-refractivity contribution in [3.63, 3.8) is 0 Å². The van der Waals surface area contributed by atoms with Crippen LogP contribution in [0.15, 0.2) is 10.2 Å². The summed E-state index contributed by atoms with van der Waals surface area (Å²) in [5, 5.41) is 9.86. The molecule has 0 spiro atoms. The lowest BCUT2D eigenvalue weighted by Crippen LogP contribution is -2.40. The van der Waals surface area contributed by atoms with Gasteiger partial charge in [-0.05, 0) is 28.0 Å². The molecule has 0 aliphatic heterocycles. The summed E-state index contributed by atoms with van der Waals surface area (Å²) in [6.07, 6.45) is -0.961. The summed E-state index contributed by atoms with van der Waals surface area (Å²) in [4.78, 5) is 0. The fourth-order valence-corrected chi connectivity index (χ4v) is 1.45. The lowest BCUT2D eigenvalue weighted by Gasteiger charge is -2.33. The number of rotatable bonds is 5. The Labute approximate surface area is 99.6 Å². The zero-order chi connectivity index (χ0) is 11.4. The van der Waals surface area contributed by atoms with E-state index in [1.807, 2.05) is 43.4 Å². The Morgan fingerprint density at radius 2 is 2.00 bits per heavy atom. The second-order valence-electron chi connectivity index (χ2n) is 4.25. The van der Waals surface area contributed by atoms with Gasteiger partial charge in [0.1, 0.15) is 12.9 Å². The molecule has 0 unspecified atom stereocenters. The second-order valence-corrected chi connectivity index (χ2v) is 5.64. The van der Waals surface area contributed by atoms with Gasteiger partial charge in [-0.15, -0.1) is 0 Å². The molecule has 0 heterocycles. The van der Waals surface area contributed by atoms with Crippen LogP contribution in [0.25, 0.3) is 0 Å². The first-order valence-corrected chi connectivity index (χ1v) is 5.51. The summed E-state index contributed by atoms with van der Waals surface area (Å²) in [6.45, 7) is 9.93. The van der Waals surface area contributed by atoms with E-state index in [1.54, 1.807) is 7.11 Å². The lowest BCUT2D eigenvalue weighted by molar-refractivity contribution is -0.139. The quantitative estimate of drug-likeness (QED) is 0.625. The highest BCUT2D eigenvalue weighted by Gasteiger charge is 2.33. The van der Waals surface area contributed by atoms with E-state index in [0.29, 0.717) is 3.58 Å². The molecule has 3 nitrogen and oxygen atoms in total. The summed E-state index contributed by atoms with van der Waals surface area (Å²) in [5.41, 5.74) is -0.147. The average molecular weight is 314 g/mol. The molecule has 0 saturated heterocycles. The van der Waals surface area contributed by atoms with Gasteiger partial charge in [-0.2, -0.15) is 0 Å². The number of halogens is 1. The van der Waals surface area contributed by atoms with Crippen LogP contribution in [0.3, 0.4) is 0 Å². The molecule has 0 aromatic heterocycles. The van der Waals surface area contributed by atoms with Crippen molar-refractivity contribution in [1.29, 1.82) is 0 Å². The molecule has 0 aliphatic rings. The molecule has 0 aliphatic carbocycles. The van der Waals surface area contributed by atoms with Crippen molar-refractivity contribution in [3.8, 4) is 0 Å².